The molecule has 1 atom stereocenters. The number of halogens is 1. The van der Waals surface area contributed by atoms with Gasteiger partial charge in [0.2, 0.25) is 5.91 Å². The summed E-state index contributed by atoms with van der Waals surface area (Å²) in [6.45, 7) is 6.27. The van der Waals surface area contributed by atoms with E-state index >= 15 is 0 Å². The number of nitrogens with one attached hydrogen (secondary N) is 3. The molecular formula is C16H24FN3O3. The Bertz CT molecular complexity index is 523. The van der Waals surface area contributed by atoms with E-state index in [2.05, 4.69) is 16.0 Å². The summed E-state index contributed by atoms with van der Waals surface area (Å²) in [5.41, 5.74) is 0. The highest BCUT2D eigenvalue weighted by molar-refractivity contribution is 5.83. The molecule has 3 amide bonds. The Balaban J connectivity index is 2.23. The molecule has 7 heteroatoms. The molecule has 0 aromatic heterocycles. The lowest BCUT2D eigenvalue weighted by Gasteiger charge is -2.16. The third-order valence-electron chi connectivity index (χ3n) is 2.82. The molecule has 128 valence electrons. The van der Waals surface area contributed by atoms with Crippen molar-refractivity contribution in [3.63, 3.8) is 0 Å². The lowest BCUT2D eigenvalue weighted by Crippen LogP contribution is -2.46. The van der Waals surface area contributed by atoms with Crippen molar-refractivity contribution in [3.8, 4) is 5.75 Å². The summed E-state index contributed by atoms with van der Waals surface area (Å²) in [7, 11) is 0. The maximum Gasteiger partial charge on any atom is 0.315 e. The van der Waals surface area contributed by atoms with Gasteiger partial charge in [-0.05, 0) is 25.0 Å². The Morgan fingerprint density at radius 1 is 1.17 bits per heavy atom. The summed E-state index contributed by atoms with van der Waals surface area (Å²) in [5, 5.41) is 7.76. The molecule has 0 radical (unpaired) electrons. The second-order valence-electron chi connectivity index (χ2n) is 5.67. The lowest BCUT2D eigenvalue weighted by molar-refractivity contribution is -0.120. The molecule has 0 saturated carbocycles. The van der Waals surface area contributed by atoms with Gasteiger partial charge in [0.1, 0.15) is 6.61 Å². The fourth-order valence-electron chi connectivity index (χ4n) is 1.63. The summed E-state index contributed by atoms with van der Waals surface area (Å²) < 4.78 is 18.7. The minimum Gasteiger partial charge on any atom is -0.488 e. The predicted molar refractivity (Wildman–Crippen MR) is 85.7 cm³/mol. The molecule has 0 heterocycles. The number of benzene rings is 1. The number of ether oxygens (including phenoxy) is 1. The highest BCUT2D eigenvalue weighted by Gasteiger charge is 2.10. The molecule has 1 aromatic carbocycles. The highest BCUT2D eigenvalue weighted by Crippen LogP contribution is 2.15. The van der Waals surface area contributed by atoms with Crippen LogP contribution in [0.2, 0.25) is 0 Å². The first-order chi connectivity index (χ1) is 10.9. The van der Waals surface area contributed by atoms with Gasteiger partial charge in [0.05, 0.1) is 12.6 Å². The Labute approximate surface area is 135 Å². The van der Waals surface area contributed by atoms with Gasteiger partial charge < -0.3 is 20.7 Å². The van der Waals surface area contributed by atoms with Crippen LogP contribution in [0.25, 0.3) is 0 Å². The molecule has 0 aliphatic heterocycles. The quantitative estimate of drug-likeness (QED) is 0.680. The highest BCUT2D eigenvalue weighted by atomic mass is 19.1. The Morgan fingerprint density at radius 3 is 2.52 bits per heavy atom. The van der Waals surface area contributed by atoms with Gasteiger partial charge >= 0.3 is 6.03 Å². The molecule has 0 unspecified atom stereocenters. The van der Waals surface area contributed by atoms with Crippen molar-refractivity contribution in [3.05, 3.63) is 30.1 Å². The SMILES string of the molecule is CC(C)CNC(=O)CNC(=O)N[C@H](C)COc1ccccc1F. The van der Waals surface area contributed by atoms with Crippen LogP contribution in [-0.4, -0.2) is 37.7 Å². The van der Waals surface area contributed by atoms with Crippen LogP contribution in [0.15, 0.2) is 24.3 Å². The van der Waals surface area contributed by atoms with Gasteiger partial charge in [-0.15, -0.1) is 0 Å². The summed E-state index contributed by atoms with van der Waals surface area (Å²) in [5.74, 6) is -0.215. The van der Waals surface area contributed by atoms with Gasteiger partial charge in [-0.1, -0.05) is 26.0 Å². The normalized spacial score (nSPS) is 11.7. The Morgan fingerprint density at radius 2 is 1.87 bits per heavy atom. The van der Waals surface area contributed by atoms with E-state index in [0.717, 1.165) is 0 Å². The third kappa shape index (κ3) is 8.04. The van der Waals surface area contributed by atoms with Crippen LogP contribution in [0.1, 0.15) is 20.8 Å². The van der Waals surface area contributed by atoms with E-state index in [0.29, 0.717) is 12.5 Å². The number of hydrogen-bond acceptors (Lipinski definition) is 3. The molecule has 1 rings (SSSR count). The van der Waals surface area contributed by atoms with Crippen LogP contribution in [0.5, 0.6) is 5.75 Å². The van der Waals surface area contributed by atoms with E-state index in [1.807, 2.05) is 13.8 Å². The first kappa shape index (κ1) is 18.7. The smallest absolute Gasteiger partial charge is 0.315 e. The van der Waals surface area contributed by atoms with Gasteiger partial charge in [0.15, 0.2) is 11.6 Å². The van der Waals surface area contributed by atoms with Crippen molar-refractivity contribution in [2.45, 2.75) is 26.8 Å². The molecule has 0 fully saturated rings. The first-order valence-corrected chi connectivity index (χ1v) is 7.57. The zero-order valence-electron chi connectivity index (χ0n) is 13.7. The number of rotatable bonds is 8. The molecular weight excluding hydrogens is 301 g/mol. The average molecular weight is 325 g/mol. The second kappa shape index (κ2) is 9.66. The van der Waals surface area contributed by atoms with E-state index in [1.54, 1.807) is 19.1 Å². The standard InChI is InChI=1S/C16H24FN3O3/c1-11(2)8-18-15(21)9-19-16(22)20-12(3)10-23-14-7-5-4-6-13(14)17/h4-7,11-12H,8-10H2,1-3H3,(H,18,21)(H2,19,20,22)/t12-/m1/s1. The number of carbonyl (C=O) groups is 2. The number of hydrogen-bond donors (Lipinski definition) is 3. The zero-order chi connectivity index (χ0) is 17.2. The maximum atomic E-state index is 13.4. The van der Waals surface area contributed by atoms with Gasteiger partial charge in [-0.3, -0.25) is 4.79 Å². The van der Waals surface area contributed by atoms with Crippen LogP contribution >= 0.6 is 0 Å². The van der Waals surface area contributed by atoms with Gasteiger partial charge in [-0.2, -0.15) is 0 Å². The molecule has 0 saturated heterocycles. The van der Waals surface area contributed by atoms with E-state index in [4.69, 9.17) is 4.74 Å². The van der Waals surface area contributed by atoms with Crippen molar-refractivity contribution >= 4 is 11.9 Å². The number of para-hydroxylation sites is 1. The molecule has 0 bridgehead atoms. The zero-order valence-corrected chi connectivity index (χ0v) is 13.7. The topological polar surface area (TPSA) is 79.5 Å². The molecule has 6 nitrogen and oxygen atoms in total. The monoisotopic (exact) mass is 325 g/mol. The summed E-state index contributed by atoms with van der Waals surface area (Å²) in [4.78, 5) is 23.1. The number of carbonyl (C=O) groups excluding carboxylic acids is 2. The summed E-state index contributed by atoms with van der Waals surface area (Å²) in [6, 6.07) is 5.24. The molecule has 23 heavy (non-hydrogen) atoms. The fourth-order valence-corrected chi connectivity index (χ4v) is 1.63. The largest absolute Gasteiger partial charge is 0.488 e. The summed E-state index contributed by atoms with van der Waals surface area (Å²) >= 11 is 0. The van der Waals surface area contributed by atoms with Gasteiger partial charge in [0, 0.05) is 6.54 Å². The molecule has 0 aliphatic carbocycles. The van der Waals surface area contributed by atoms with Gasteiger partial charge in [0.25, 0.3) is 0 Å². The van der Waals surface area contributed by atoms with Crippen LogP contribution in [0, 0.1) is 11.7 Å². The van der Waals surface area contributed by atoms with Crippen molar-refractivity contribution in [2.24, 2.45) is 5.92 Å². The lowest BCUT2D eigenvalue weighted by atomic mass is 10.2. The average Bonchev–Trinajstić information content (AvgIpc) is 2.50. The minimum absolute atomic E-state index is 0.0978. The van der Waals surface area contributed by atoms with E-state index in [1.165, 1.54) is 12.1 Å². The van der Waals surface area contributed by atoms with Crippen molar-refractivity contribution in [1.82, 2.24) is 16.0 Å². The van der Waals surface area contributed by atoms with Crippen LogP contribution < -0.4 is 20.7 Å². The van der Waals surface area contributed by atoms with Crippen LogP contribution in [0.3, 0.4) is 0 Å². The minimum atomic E-state index is -0.477. The van der Waals surface area contributed by atoms with Crippen molar-refractivity contribution in [1.29, 1.82) is 0 Å². The Hall–Kier alpha value is -2.31. The van der Waals surface area contributed by atoms with Crippen molar-refractivity contribution in [2.75, 3.05) is 19.7 Å². The molecule has 3 N–H and O–H groups in total. The predicted octanol–water partition coefficient (Wildman–Crippen LogP) is 1.66. The maximum absolute atomic E-state index is 13.4. The fraction of sp³-hybridized carbons (Fsp3) is 0.500. The molecule has 1 aromatic rings. The number of urea groups is 1. The molecule has 0 aliphatic rings. The summed E-state index contributed by atoms with van der Waals surface area (Å²) in [6.07, 6.45) is 0. The first-order valence-electron chi connectivity index (χ1n) is 7.57. The van der Waals surface area contributed by atoms with Crippen LogP contribution in [-0.2, 0) is 4.79 Å². The Kier molecular flexibility index (Phi) is 7.87. The molecule has 0 spiro atoms. The van der Waals surface area contributed by atoms with E-state index in [-0.39, 0.29) is 30.9 Å². The second-order valence-corrected chi connectivity index (χ2v) is 5.67. The van der Waals surface area contributed by atoms with E-state index < -0.39 is 11.8 Å². The third-order valence-corrected chi connectivity index (χ3v) is 2.82. The van der Waals surface area contributed by atoms with E-state index in [9.17, 15) is 14.0 Å². The number of amides is 3. The van der Waals surface area contributed by atoms with Gasteiger partial charge in [-0.25, -0.2) is 9.18 Å². The van der Waals surface area contributed by atoms with Crippen molar-refractivity contribution < 1.29 is 18.7 Å². The van der Waals surface area contributed by atoms with Crippen LogP contribution in [0.4, 0.5) is 9.18 Å².